The molecule has 0 radical (unpaired) electrons. The third-order valence-corrected chi connectivity index (χ3v) is 2.68. The Kier molecular flexibility index (Phi) is 3.37. The van der Waals surface area contributed by atoms with Gasteiger partial charge in [-0.2, -0.15) is 0 Å². The Bertz CT molecular complexity index is 527. The lowest BCUT2D eigenvalue weighted by atomic mass is 10.1. The van der Waals surface area contributed by atoms with E-state index in [0.29, 0.717) is 11.3 Å². The van der Waals surface area contributed by atoms with E-state index in [-0.39, 0.29) is 11.9 Å². The van der Waals surface area contributed by atoms with E-state index in [0.717, 1.165) is 11.3 Å². The fraction of sp³-hybridized carbons (Fsp3) is 0.214. The molecule has 0 saturated carbocycles. The van der Waals surface area contributed by atoms with Gasteiger partial charge in [0.05, 0.1) is 12.3 Å². The van der Waals surface area contributed by atoms with Crippen LogP contribution in [-0.2, 0) is 0 Å². The minimum Gasteiger partial charge on any atom is -0.467 e. The lowest BCUT2D eigenvalue weighted by Crippen LogP contribution is -2.26. The number of furan rings is 1. The van der Waals surface area contributed by atoms with Crippen LogP contribution in [0.3, 0.4) is 0 Å². The maximum absolute atomic E-state index is 12.0. The van der Waals surface area contributed by atoms with Crippen molar-refractivity contribution in [3.05, 3.63) is 53.5 Å². The highest BCUT2D eigenvalue weighted by Gasteiger charge is 2.13. The first-order chi connectivity index (χ1) is 8.56. The molecule has 3 N–H and O–H groups in total. The minimum atomic E-state index is -0.172. The lowest BCUT2D eigenvalue weighted by molar-refractivity contribution is 0.0935. The number of carbonyl (C=O) groups is 1. The summed E-state index contributed by atoms with van der Waals surface area (Å²) in [6.45, 7) is 3.78. The monoisotopic (exact) mass is 244 g/mol. The molecule has 0 fully saturated rings. The van der Waals surface area contributed by atoms with Crippen molar-refractivity contribution in [1.82, 2.24) is 5.32 Å². The molecule has 1 aromatic carbocycles. The van der Waals surface area contributed by atoms with Crippen LogP contribution in [0.4, 0.5) is 5.69 Å². The zero-order chi connectivity index (χ0) is 13.1. The Labute approximate surface area is 106 Å². The third-order valence-electron chi connectivity index (χ3n) is 2.68. The van der Waals surface area contributed by atoms with Gasteiger partial charge in [0.1, 0.15) is 5.76 Å². The molecule has 0 aliphatic carbocycles. The second-order valence-electron chi connectivity index (χ2n) is 4.34. The smallest absolute Gasteiger partial charge is 0.251 e. The molecule has 0 aliphatic heterocycles. The molecular formula is C14H16N2O2. The van der Waals surface area contributed by atoms with Gasteiger partial charge in [0.2, 0.25) is 0 Å². The van der Waals surface area contributed by atoms with Crippen LogP contribution in [0.2, 0.25) is 0 Å². The summed E-state index contributed by atoms with van der Waals surface area (Å²) in [4.78, 5) is 12.0. The number of nitrogens with one attached hydrogen (secondary N) is 1. The molecule has 2 aromatic rings. The molecule has 0 spiro atoms. The summed E-state index contributed by atoms with van der Waals surface area (Å²) in [5.41, 5.74) is 7.84. The maximum Gasteiger partial charge on any atom is 0.251 e. The van der Waals surface area contributed by atoms with Crippen LogP contribution in [-0.4, -0.2) is 5.91 Å². The first-order valence-corrected chi connectivity index (χ1v) is 5.77. The van der Waals surface area contributed by atoms with Crippen LogP contribution in [0.1, 0.15) is 34.6 Å². The number of nitrogens with two attached hydrogens (primary N) is 1. The molecule has 1 amide bonds. The number of hydrogen-bond donors (Lipinski definition) is 2. The molecule has 1 aromatic heterocycles. The second kappa shape index (κ2) is 4.96. The minimum absolute atomic E-state index is 0.158. The van der Waals surface area contributed by atoms with Gasteiger partial charge >= 0.3 is 0 Å². The highest BCUT2D eigenvalue weighted by atomic mass is 16.3. The van der Waals surface area contributed by atoms with E-state index >= 15 is 0 Å². The van der Waals surface area contributed by atoms with E-state index < -0.39 is 0 Å². The standard InChI is InChI=1S/C14H16N2O2/c1-9-6-11(8-12(15)7-9)14(17)16-10(2)13-4-3-5-18-13/h3-8,10H,15H2,1-2H3,(H,16,17). The first kappa shape index (κ1) is 12.2. The molecule has 0 aliphatic rings. The van der Waals surface area contributed by atoms with Crippen LogP contribution in [0, 0.1) is 6.92 Å². The summed E-state index contributed by atoms with van der Waals surface area (Å²) in [6, 6.07) is 8.75. The van der Waals surface area contributed by atoms with Gasteiger partial charge < -0.3 is 15.5 Å². The molecule has 0 bridgehead atoms. The molecule has 4 heteroatoms. The predicted molar refractivity (Wildman–Crippen MR) is 70.2 cm³/mol. The fourth-order valence-corrected chi connectivity index (χ4v) is 1.83. The van der Waals surface area contributed by atoms with E-state index in [1.165, 1.54) is 0 Å². The molecule has 2 rings (SSSR count). The Morgan fingerprint density at radius 2 is 2.17 bits per heavy atom. The van der Waals surface area contributed by atoms with E-state index in [1.54, 1.807) is 24.5 Å². The Morgan fingerprint density at radius 1 is 1.39 bits per heavy atom. The normalized spacial score (nSPS) is 12.1. The van der Waals surface area contributed by atoms with Crippen molar-refractivity contribution in [2.24, 2.45) is 0 Å². The van der Waals surface area contributed by atoms with Gasteiger partial charge in [0.15, 0.2) is 0 Å². The molecule has 1 unspecified atom stereocenters. The van der Waals surface area contributed by atoms with Gasteiger partial charge in [-0.25, -0.2) is 0 Å². The Balaban J connectivity index is 2.12. The summed E-state index contributed by atoms with van der Waals surface area (Å²) < 4.78 is 5.24. The molecular weight excluding hydrogens is 228 g/mol. The fourth-order valence-electron chi connectivity index (χ4n) is 1.83. The number of hydrogen-bond acceptors (Lipinski definition) is 3. The van der Waals surface area contributed by atoms with Crippen LogP contribution < -0.4 is 11.1 Å². The van der Waals surface area contributed by atoms with Gasteiger partial charge in [0, 0.05) is 11.3 Å². The van der Waals surface area contributed by atoms with Crippen molar-refractivity contribution in [2.75, 3.05) is 5.73 Å². The first-order valence-electron chi connectivity index (χ1n) is 5.77. The van der Waals surface area contributed by atoms with Crippen molar-refractivity contribution in [3.8, 4) is 0 Å². The van der Waals surface area contributed by atoms with E-state index in [9.17, 15) is 4.79 Å². The number of aryl methyl sites for hydroxylation is 1. The zero-order valence-corrected chi connectivity index (χ0v) is 10.4. The van der Waals surface area contributed by atoms with Crippen LogP contribution in [0.25, 0.3) is 0 Å². The van der Waals surface area contributed by atoms with Crippen LogP contribution >= 0.6 is 0 Å². The summed E-state index contributed by atoms with van der Waals surface area (Å²) in [7, 11) is 0. The zero-order valence-electron chi connectivity index (χ0n) is 10.4. The van der Waals surface area contributed by atoms with Crippen molar-refractivity contribution in [2.45, 2.75) is 19.9 Å². The Hall–Kier alpha value is -2.23. The van der Waals surface area contributed by atoms with Gasteiger partial charge in [-0.1, -0.05) is 0 Å². The van der Waals surface area contributed by atoms with Gasteiger partial charge in [0.25, 0.3) is 5.91 Å². The maximum atomic E-state index is 12.0. The van der Waals surface area contributed by atoms with Crippen molar-refractivity contribution < 1.29 is 9.21 Å². The van der Waals surface area contributed by atoms with E-state index in [2.05, 4.69) is 5.32 Å². The van der Waals surface area contributed by atoms with E-state index in [4.69, 9.17) is 10.2 Å². The largest absolute Gasteiger partial charge is 0.467 e. The van der Waals surface area contributed by atoms with Crippen molar-refractivity contribution in [3.63, 3.8) is 0 Å². The number of nitrogen functional groups attached to an aromatic ring is 1. The van der Waals surface area contributed by atoms with E-state index in [1.807, 2.05) is 26.0 Å². The third kappa shape index (κ3) is 2.71. The molecule has 94 valence electrons. The van der Waals surface area contributed by atoms with Crippen LogP contribution in [0.5, 0.6) is 0 Å². The molecule has 0 saturated heterocycles. The van der Waals surface area contributed by atoms with Crippen molar-refractivity contribution >= 4 is 11.6 Å². The summed E-state index contributed by atoms with van der Waals surface area (Å²) >= 11 is 0. The number of benzene rings is 1. The van der Waals surface area contributed by atoms with Crippen molar-refractivity contribution in [1.29, 1.82) is 0 Å². The average molecular weight is 244 g/mol. The topological polar surface area (TPSA) is 68.3 Å². The Morgan fingerprint density at radius 3 is 2.78 bits per heavy atom. The average Bonchev–Trinajstić information content (AvgIpc) is 2.80. The number of rotatable bonds is 3. The number of carbonyl (C=O) groups excluding carboxylic acids is 1. The molecule has 1 atom stereocenters. The quantitative estimate of drug-likeness (QED) is 0.815. The second-order valence-corrected chi connectivity index (χ2v) is 4.34. The SMILES string of the molecule is Cc1cc(N)cc(C(=O)NC(C)c2ccco2)c1. The highest BCUT2D eigenvalue weighted by molar-refractivity contribution is 5.95. The molecule has 18 heavy (non-hydrogen) atoms. The highest BCUT2D eigenvalue weighted by Crippen LogP contribution is 2.15. The molecule has 4 nitrogen and oxygen atoms in total. The lowest BCUT2D eigenvalue weighted by Gasteiger charge is -2.12. The number of anilines is 1. The predicted octanol–water partition coefficient (Wildman–Crippen LogP) is 2.66. The summed E-state index contributed by atoms with van der Waals surface area (Å²) in [6.07, 6.45) is 1.59. The summed E-state index contributed by atoms with van der Waals surface area (Å²) in [5, 5.41) is 2.86. The van der Waals surface area contributed by atoms with Crippen LogP contribution in [0.15, 0.2) is 41.0 Å². The van der Waals surface area contributed by atoms with Gasteiger partial charge in [-0.05, 0) is 49.7 Å². The number of amides is 1. The van der Waals surface area contributed by atoms with Gasteiger partial charge in [-0.3, -0.25) is 4.79 Å². The summed E-state index contributed by atoms with van der Waals surface area (Å²) in [5.74, 6) is 0.568. The molecule has 1 heterocycles. The van der Waals surface area contributed by atoms with Gasteiger partial charge in [-0.15, -0.1) is 0 Å².